The summed E-state index contributed by atoms with van der Waals surface area (Å²) in [6.07, 6.45) is 31.3. The van der Waals surface area contributed by atoms with Gasteiger partial charge in [0.25, 0.3) is 0 Å². The van der Waals surface area contributed by atoms with Crippen molar-refractivity contribution in [1.29, 1.82) is 0 Å². The van der Waals surface area contributed by atoms with Crippen LogP contribution in [0.1, 0.15) is 84.5 Å². The monoisotopic (exact) mass is 332 g/mol. The molecule has 138 valence electrons. The lowest BCUT2D eigenvalue weighted by molar-refractivity contribution is 0.131. The van der Waals surface area contributed by atoms with Crippen molar-refractivity contribution in [2.75, 3.05) is 13.2 Å². The highest BCUT2D eigenvalue weighted by Gasteiger charge is 1.86. The molecule has 0 saturated heterocycles. The van der Waals surface area contributed by atoms with Gasteiger partial charge in [-0.25, -0.2) is 0 Å². The first-order chi connectivity index (χ1) is 11.9. The zero-order valence-corrected chi connectivity index (χ0v) is 16.2. The van der Waals surface area contributed by atoms with Crippen LogP contribution in [0.2, 0.25) is 0 Å². The van der Waals surface area contributed by atoms with E-state index in [1.54, 1.807) is 0 Å². The van der Waals surface area contributed by atoms with E-state index in [0.717, 1.165) is 38.9 Å². The van der Waals surface area contributed by atoms with Gasteiger partial charge in [-0.1, -0.05) is 75.3 Å². The summed E-state index contributed by atoms with van der Waals surface area (Å²) in [4.78, 5) is 0. The fourth-order valence-electron chi connectivity index (χ4n) is 2.27. The van der Waals surface area contributed by atoms with Crippen LogP contribution < -0.4 is 0 Å². The molecule has 0 spiro atoms. The van der Waals surface area contributed by atoms with Crippen molar-refractivity contribution in [2.24, 2.45) is 0 Å². The molecule has 0 aliphatic rings. The SMILES string of the molecule is CCCCC/C=C/C/C=C/C/C=C/C/C=C/CCCCOCCC. The largest absolute Gasteiger partial charge is 0.381 e. The minimum Gasteiger partial charge on any atom is -0.381 e. The van der Waals surface area contributed by atoms with E-state index in [2.05, 4.69) is 62.5 Å². The minimum atomic E-state index is 0.907. The molecule has 0 aromatic rings. The number of rotatable bonds is 17. The van der Waals surface area contributed by atoms with Crippen LogP contribution in [0.25, 0.3) is 0 Å². The first-order valence-electron chi connectivity index (χ1n) is 10.1. The van der Waals surface area contributed by atoms with Gasteiger partial charge in [0, 0.05) is 13.2 Å². The lowest BCUT2D eigenvalue weighted by atomic mass is 10.2. The van der Waals surface area contributed by atoms with Gasteiger partial charge in [0.15, 0.2) is 0 Å². The van der Waals surface area contributed by atoms with Crippen molar-refractivity contribution in [3.63, 3.8) is 0 Å². The Balaban J connectivity index is 3.33. The predicted octanol–water partition coefficient (Wildman–Crippen LogP) is 7.56. The van der Waals surface area contributed by atoms with Crippen LogP contribution >= 0.6 is 0 Å². The van der Waals surface area contributed by atoms with Gasteiger partial charge in [0.1, 0.15) is 0 Å². The van der Waals surface area contributed by atoms with Gasteiger partial charge in [0.2, 0.25) is 0 Å². The third kappa shape index (κ3) is 20.9. The molecule has 1 nitrogen and oxygen atoms in total. The molecule has 0 amide bonds. The van der Waals surface area contributed by atoms with E-state index >= 15 is 0 Å². The molecular weight excluding hydrogens is 292 g/mol. The third-order valence-electron chi connectivity index (χ3n) is 3.72. The summed E-state index contributed by atoms with van der Waals surface area (Å²) in [5, 5.41) is 0. The topological polar surface area (TPSA) is 9.23 Å². The third-order valence-corrected chi connectivity index (χ3v) is 3.72. The second-order valence-electron chi connectivity index (χ2n) is 6.20. The Kier molecular flexibility index (Phi) is 20.9. The van der Waals surface area contributed by atoms with E-state index < -0.39 is 0 Å². The van der Waals surface area contributed by atoms with E-state index in [1.165, 1.54) is 44.9 Å². The maximum absolute atomic E-state index is 5.47. The molecule has 0 N–H and O–H groups in total. The van der Waals surface area contributed by atoms with Crippen LogP contribution in [0.15, 0.2) is 48.6 Å². The van der Waals surface area contributed by atoms with Crippen molar-refractivity contribution < 1.29 is 4.74 Å². The standard InChI is InChI=1S/C23H40O/c1-3-5-6-7-8-9-10-11-12-13-14-15-16-17-18-19-20-21-23-24-22-4-2/h8-9,11-12,14-15,17-18H,3-7,10,13,16,19-23H2,1-2H3/b9-8+,12-11+,15-14+,18-17+. The number of unbranched alkanes of at least 4 members (excludes halogenated alkanes) is 5. The Morgan fingerprint density at radius 3 is 1.50 bits per heavy atom. The van der Waals surface area contributed by atoms with Gasteiger partial charge in [-0.15, -0.1) is 0 Å². The lowest BCUT2D eigenvalue weighted by Crippen LogP contribution is -1.94. The summed E-state index contributed by atoms with van der Waals surface area (Å²) in [6, 6.07) is 0. The molecule has 0 saturated carbocycles. The van der Waals surface area contributed by atoms with Crippen molar-refractivity contribution in [1.82, 2.24) is 0 Å². The molecule has 1 heteroatoms. The summed E-state index contributed by atoms with van der Waals surface area (Å²) < 4.78 is 5.47. The van der Waals surface area contributed by atoms with E-state index in [4.69, 9.17) is 4.74 Å². The Morgan fingerprint density at radius 2 is 1.00 bits per heavy atom. The predicted molar refractivity (Wildman–Crippen MR) is 110 cm³/mol. The van der Waals surface area contributed by atoms with E-state index in [0.29, 0.717) is 0 Å². The summed E-state index contributed by atoms with van der Waals surface area (Å²) in [5.74, 6) is 0. The molecule has 0 heterocycles. The van der Waals surface area contributed by atoms with Gasteiger partial charge in [0.05, 0.1) is 0 Å². The molecule has 0 unspecified atom stereocenters. The van der Waals surface area contributed by atoms with Gasteiger partial charge in [-0.3, -0.25) is 0 Å². The summed E-state index contributed by atoms with van der Waals surface area (Å²) in [5.41, 5.74) is 0. The molecule has 0 aliphatic carbocycles. The van der Waals surface area contributed by atoms with Crippen LogP contribution in [0.5, 0.6) is 0 Å². The molecule has 0 aromatic heterocycles. The van der Waals surface area contributed by atoms with Crippen LogP contribution in [0.4, 0.5) is 0 Å². The van der Waals surface area contributed by atoms with Gasteiger partial charge < -0.3 is 4.74 Å². The zero-order chi connectivity index (χ0) is 17.6. The maximum atomic E-state index is 5.47. The van der Waals surface area contributed by atoms with E-state index in [-0.39, 0.29) is 0 Å². The van der Waals surface area contributed by atoms with Crippen LogP contribution in [0, 0.1) is 0 Å². The van der Waals surface area contributed by atoms with Crippen molar-refractivity contribution >= 4 is 0 Å². The van der Waals surface area contributed by atoms with E-state index in [9.17, 15) is 0 Å². The quantitative estimate of drug-likeness (QED) is 0.197. The highest BCUT2D eigenvalue weighted by molar-refractivity contribution is 4.99. The molecular formula is C23H40O. The molecule has 0 bridgehead atoms. The smallest absolute Gasteiger partial charge is 0.0466 e. The number of hydrogen-bond acceptors (Lipinski definition) is 1. The van der Waals surface area contributed by atoms with Crippen LogP contribution in [-0.4, -0.2) is 13.2 Å². The minimum absolute atomic E-state index is 0.907. The fourth-order valence-corrected chi connectivity index (χ4v) is 2.27. The maximum Gasteiger partial charge on any atom is 0.0466 e. The second kappa shape index (κ2) is 21.9. The molecule has 0 atom stereocenters. The number of ether oxygens (including phenoxy) is 1. The van der Waals surface area contributed by atoms with Gasteiger partial charge in [-0.05, 0) is 57.8 Å². The molecule has 24 heavy (non-hydrogen) atoms. The summed E-state index contributed by atoms with van der Waals surface area (Å²) in [6.45, 7) is 6.23. The zero-order valence-electron chi connectivity index (χ0n) is 16.2. The highest BCUT2D eigenvalue weighted by Crippen LogP contribution is 2.01. The van der Waals surface area contributed by atoms with E-state index in [1.807, 2.05) is 0 Å². The Morgan fingerprint density at radius 1 is 0.500 bits per heavy atom. The van der Waals surface area contributed by atoms with Crippen molar-refractivity contribution in [3.05, 3.63) is 48.6 Å². The Hall–Kier alpha value is -1.08. The average Bonchev–Trinajstić information content (AvgIpc) is 2.60. The Bertz CT molecular complexity index is 336. The average molecular weight is 333 g/mol. The first kappa shape index (κ1) is 22.9. The number of allylic oxidation sites excluding steroid dienone is 8. The molecule has 0 rings (SSSR count). The van der Waals surface area contributed by atoms with Gasteiger partial charge >= 0.3 is 0 Å². The van der Waals surface area contributed by atoms with Crippen LogP contribution in [-0.2, 0) is 4.74 Å². The molecule has 0 aromatic carbocycles. The summed E-state index contributed by atoms with van der Waals surface area (Å²) >= 11 is 0. The lowest BCUT2D eigenvalue weighted by Gasteiger charge is -2.00. The van der Waals surface area contributed by atoms with Crippen LogP contribution in [0.3, 0.4) is 0 Å². The molecule has 0 radical (unpaired) electrons. The second-order valence-corrected chi connectivity index (χ2v) is 6.20. The first-order valence-corrected chi connectivity index (χ1v) is 10.1. The highest BCUT2D eigenvalue weighted by atomic mass is 16.5. The van der Waals surface area contributed by atoms with Crippen molar-refractivity contribution in [2.45, 2.75) is 84.5 Å². The van der Waals surface area contributed by atoms with Gasteiger partial charge in [-0.2, -0.15) is 0 Å². The van der Waals surface area contributed by atoms with Crippen molar-refractivity contribution in [3.8, 4) is 0 Å². The summed E-state index contributed by atoms with van der Waals surface area (Å²) in [7, 11) is 0. The normalized spacial score (nSPS) is 12.6. The molecule has 0 fully saturated rings. The Labute approximate surface area is 151 Å². The number of hydrogen-bond donors (Lipinski definition) is 0. The fraction of sp³-hybridized carbons (Fsp3) is 0.652. The molecule has 0 aliphatic heterocycles.